The number of ether oxygens (including phenoxy) is 1. The lowest BCUT2D eigenvalue weighted by atomic mass is 9.97. The second kappa shape index (κ2) is 5.21. The Morgan fingerprint density at radius 1 is 1.50 bits per heavy atom. The molecule has 0 fully saturated rings. The Morgan fingerprint density at radius 2 is 2.28 bits per heavy atom. The van der Waals surface area contributed by atoms with Gasteiger partial charge in [-0.05, 0) is 30.5 Å². The molecule has 2 aromatic rings. The van der Waals surface area contributed by atoms with Crippen LogP contribution in [0.25, 0.3) is 11.1 Å². The summed E-state index contributed by atoms with van der Waals surface area (Å²) in [6.07, 6.45) is 1.44. The highest BCUT2D eigenvalue weighted by atomic mass is 16.5. The zero-order chi connectivity index (χ0) is 13.1. The Morgan fingerprint density at radius 3 is 2.94 bits per heavy atom. The number of hydrogen-bond acceptors (Lipinski definition) is 4. The minimum atomic E-state index is -0.158. The fourth-order valence-corrected chi connectivity index (χ4v) is 2.06. The number of esters is 1. The molecule has 2 rings (SSSR count). The van der Waals surface area contributed by atoms with Crippen LogP contribution < -0.4 is 0 Å². The fraction of sp³-hybridized carbons (Fsp3) is 0.429. The minimum absolute atomic E-state index is 0.0968. The fourth-order valence-electron chi connectivity index (χ4n) is 2.06. The molecule has 0 saturated carbocycles. The van der Waals surface area contributed by atoms with Crippen molar-refractivity contribution >= 4 is 17.1 Å². The number of aromatic nitrogens is 1. The Hall–Kier alpha value is -1.84. The molecule has 0 aliphatic heterocycles. The summed E-state index contributed by atoms with van der Waals surface area (Å²) in [4.78, 5) is 15.8. The molecule has 0 radical (unpaired) electrons. The molecule has 4 nitrogen and oxygen atoms in total. The van der Waals surface area contributed by atoms with E-state index in [-0.39, 0.29) is 11.9 Å². The highest BCUT2D eigenvalue weighted by Gasteiger charge is 2.17. The van der Waals surface area contributed by atoms with E-state index in [1.54, 1.807) is 0 Å². The van der Waals surface area contributed by atoms with E-state index < -0.39 is 0 Å². The van der Waals surface area contributed by atoms with Crippen molar-refractivity contribution in [2.45, 2.75) is 26.7 Å². The van der Waals surface area contributed by atoms with E-state index >= 15 is 0 Å². The van der Waals surface area contributed by atoms with Gasteiger partial charge >= 0.3 is 5.97 Å². The van der Waals surface area contributed by atoms with E-state index in [4.69, 9.17) is 9.15 Å². The van der Waals surface area contributed by atoms with Crippen LogP contribution in [0.5, 0.6) is 0 Å². The van der Waals surface area contributed by atoms with Gasteiger partial charge in [0.1, 0.15) is 5.52 Å². The van der Waals surface area contributed by atoms with Crippen LogP contribution in [-0.4, -0.2) is 18.1 Å². The van der Waals surface area contributed by atoms with Crippen molar-refractivity contribution in [3.05, 3.63) is 29.7 Å². The van der Waals surface area contributed by atoms with Crippen molar-refractivity contribution in [3.8, 4) is 0 Å². The smallest absolute Gasteiger partial charge is 0.308 e. The Kier molecular flexibility index (Phi) is 3.65. The Labute approximate surface area is 106 Å². The quantitative estimate of drug-likeness (QED) is 0.779. The van der Waals surface area contributed by atoms with Crippen molar-refractivity contribution in [3.63, 3.8) is 0 Å². The van der Waals surface area contributed by atoms with Crippen LogP contribution in [0.2, 0.25) is 0 Å². The summed E-state index contributed by atoms with van der Waals surface area (Å²) in [5, 5.41) is 0. The van der Waals surface area contributed by atoms with E-state index in [0.29, 0.717) is 12.3 Å². The number of fused-ring (bicyclic) bond motifs is 1. The number of aryl methyl sites for hydroxylation is 1. The molecule has 0 amide bonds. The second-order valence-electron chi connectivity index (χ2n) is 4.37. The Balaban J connectivity index is 2.22. The van der Waals surface area contributed by atoms with E-state index in [1.165, 1.54) is 7.11 Å². The van der Waals surface area contributed by atoms with Crippen molar-refractivity contribution in [1.82, 2.24) is 4.98 Å². The molecule has 18 heavy (non-hydrogen) atoms. The summed E-state index contributed by atoms with van der Waals surface area (Å²) < 4.78 is 10.2. The number of benzene rings is 1. The third-order valence-corrected chi connectivity index (χ3v) is 3.07. The molecule has 1 atom stereocenters. The third-order valence-electron chi connectivity index (χ3n) is 3.07. The van der Waals surface area contributed by atoms with Gasteiger partial charge in [-0.1, -0.05) is 13.0 Å². The van der Waals surface area contributed by atoms with Crippen LogP contribution in [0.3, 0.4) is 0 Å². The number of rotatable bonds is 4. The second-order valence-corrected chi connectivity index (χ2v) is 4.37. The molecule has 1 unspecified atom stereocenters. The lowest BCUT2D eigenvalue weighted by Gasteiger charge is -2.11. The first-order valence-electron chi connectivity index (χ1n) is 6.08. The predicted octanol–water partition coefficient (Wildman–Crippen LogP) is 2.88. The van der Waals surface area contributed by atoms with E-state index in [2.05, 4.69) is 4.98 Å². The highest BCUT2D eigenvalue weighted by Crippen LogP contribution is 2.20. The van der Waals surface area contributed by atoms with Gasteiger partial charge in [0.15, 0.2) is 11.5 Å². The topological polar surface area (TPSA) is 52.3 Å². The van der Waals surface area contributed by atoms with Crippen molar-refractivity contribution in [2.75, 3.05) is 7.11 Å². The van der Waals surface area contributed by atoms with Crippen LogP contribution in [0.4, 0.5) is 0 Å². The molecule has 1 heterocycles. The summed E-state index contributed by atoms with van der Waals surface area (Å²) in [6.45, 7) is 3.81. The molecule has 1 aromatic carbocycles. The van der Waals surface area contributed by atoms with Crippen molar-refractivity contribution < 1.29 is 13.9 Å². The van der Waals surface area contributed by atoms with Crippen molar-refractivity contribution in [2.24, 2.45) is 5.92 Å². The summed E-state index contributed by atoms with van der Waals surface area (Å²) in [5.74, 6) is 0.400. The molecule has 4 heteroatoms. The maximum Gasteiger partial charge on any atom is 0.308 e. The molecule has 0 saturated heterocycles. The molecule has 0 aliphatic carbocycles. The first-order valence-corrected chi connectivity index (χ1v) is 6.08. The van der Waals surface area contributed by atoms with Crippen molar-refractivity contribution in [1.29, 1.82) is 0 Å². The summed E-state index contributed by atoms with van der Waals surface area (Å²) in [7, 11) is 1.43. The number of carbonyl (C=O) groups excluding carboxylic acids is 1. The zero-order valence-electron chi connectivity index (χ0n) is 10.9. The third kappa shape index (κ3) is 2.53. The first-order chi connectivity index (χ1) is 8.63. The number of methoxy groups -OCH3 is 1. The largest absolute Gasteiger partial charge is 0.469 e. The minimum Gasteiger partial charge on any atom is -0.469 e. The molecule has 96 valence electrons. The number of nitrogens with zero attached hydrogens (tertiary/aromatic N) is 1. The van der Waals surface area contributed by atoms with Crippen LogP contribution in [0, 0.1) is 12.8 Å². The Bertz CT molecular complexity index is 559. The van der Waals surface area contributed by atoms with Gasteiger partial charge in [0.05, 0.1) is 13.0 Å². The highest BCUT2D eigenvalue weighted by molar-refractivity contribution is 5.75. The zero-order valence-corrected chi connectivity index (χ0v) is 10.9. The summed E-state index contributed by atoms with van der Waals surface area (Å²) >= 11 is 0. The lowest BCUT2D eigenvalue weighted by molar-refractivity contribution is -0.145. The van der Waals surface area contributed by atoms with E-state index in [0.717, 1.165) is 23.1 Å². The monoisotopic (exact) mass is 247 g/mol. The molecule has 0 N–H and O–H groups in total. The van der Waals surface area contributed by atoms with Gasteiger partial charge in [0.2, 0.25) is 0 Å². The SMILES string of the molecule is CCC(Cc1ccc2oc(C)nc2c1)C(=O)OC. The maximum absolute atomic E-state index is 11.6. The summed E-state index contributed by atoms with van der Waals surface area (Å²) in [6, 6.07) is 5.84. The molecular weight excluding hydrogens is 230 g/mol. The molecule has 0 spiro atoms. The summed E-state index contributed by atoms with van der Waals surface area (Å²) in [5.41, 5.74) is 2.69. The van der Waals surface area contributed by atoms with Crippen LogP contribution in [0.15, 0.2) is 22.6 Å². The van der Waals surface area contributed by atoms with E-state index in [1.807, 2.05) is 32.0 Å². The number of oxazole rings is 1. The normalized spacial score (nSPS) is 12.6. The van der Waals surface area contributed by atoms with Gasteiger partial charge in [-0.25, -0.2) is 4.98 Å². The first kappa shape index (κ1) is 12.6. The van der Waals surface area contributed by atoms with Gasteiger partial charge in [0, 0.05) is 6.92 Å². The van der Waals surface area contributed by atoms with Gasteiger partial charge in [0.25, 0.3) is 0 Å². The number of hydrogen-bond donors (Lipinski definition) is 0. The average molecular weight is 247 g/mol. The van der Waals surface area contributed by atoms with Crippen LogP contribution in [0.1, 0.15) is 24.8 Å². The van der Waals surface area contributed by atoms with Crippen LogP contribution >= 0.6 is 0 Å². The standard InChI is InChI=1S/C14H17NO3/c1-4-11(14(16)17-3)7-10-5-6-13-12(8-10)15-9(2)18-13/h5-6,8,11H,4,7H2,1-3H3. The van der Waals surface area contributed by atoms with Gasteiger partial charge in [-0.2, -0.15) is 0 Å². The molecule has 0 aliphatic rings. The molecule has 0 bridgehead atoms. The molecular formula is C14H17NO3. The van der Waals surface area contributed by atoms with E-state index in [9.17, 15) is 4.79 Å². The van der Waals surface area contributed by atoms with Crippen LogP contribution in [-0.2, 0) is 16.0 Å². The van der Waals surface area contributed by atoms with Gasteiger partial charge in [-0.15, -0.1) is 0 Å². The average Bonchev–Trinajstić information content (AvgIpc) is 2.74. The number of carbonyl (C=O) groups is 1. The maximum atomic E-state index is 11.6. The molecule has 1 aromatic heterocycles. The lowest BCUT2D eigenvalue weighted by Crippen LogP contribution is -2.17. The van der Waals surface area contributed by atoms with Gasteiger partial charge in [-0.3, -0.25) is 4.79 Å². The predicted molar refractivity (Wildman–Crippen MR) is 68.2 cm³/mol. The van der Waals surface area contributed by atoms with Gasteiger partial charge < -0.3 is 9.15 Å².